The molecule has 122 valence electrons. The topological polar surface area (TPSA) is 81.9 Å². The fraction of sp³-hybridized carbons (Fsp3) is 0.176. The summed E-state index contributed by atoms with van der Waals surface area (Å²) >= 11 is 0. The van der Waals surface area contributed by atoms with Gasteiger partial charge in [0.05, 0.1) is 12.3 Å². The van der Waals surface area contributed by atoms with Crippen molar-refractivity contribution in [1.82, 2.24) is 20.2 Å². The van der Waals surface area contributed by atoms with Crippen molar-refractivity contribution in [3.63, 3.8) is 0 Å². The van der Waals surface area contributed by atoms with Gasteiger partial charge in [0.1, 0.15) is 6.33 Å². The lowest BCUT2D eigenvalue weighted by atomic mass is 10.1. The molecule has 3 rings (SSSR count). The van der Waals surface area contributed by atoms with Gasteiger partial charge in [0.2, 0.25) is 0 Å². The molecule has 7 heteroatoms. The standard InChI is InChI=1S/C17H17N5O2/c1-2-24-11-14-6-3-4-9-16(14)19-17(23)13-7-5-8-15(10-13)22-12-18-20-21-22/h3-10,12H,2,11H2,1H3,(H,19,23). The molecule has 0 aliphatic heterocycles. The Kier molecular flexibility index (Phi) is 4.93. The lowest BCUT2D eigenvalue weighted by Crippen LogP contribution is -2.14. The molecule has 0 radical (unpaired) electrons. The third-order valence-corrected chi connectivity index (χ3v) is 3.45. The summed E-state index contributed by atoms with van der Waals surface area (Å²) in [4.78, 5) is 12.5. The van der Waals surface area contributed by atoms with E-state index in [-0.39, 0.29) is 5.91 Å². The molecule has 0 saturated heterocycles. The molecule has 0 aliphatic carbocycles. The van der Waals surface area contributed by atoms with Gasteiger partial charge in [-0.2, -0.15) is 0 Å². The Morgan fingerprint density at radius 1 is 1.21 bits per heavy atom. The van der Waals surface area contributed by atoms with Crippen LogP contribution in [-0.4, -0.2) is 32.7 Å². The summed E-state index contributed by atoms with van der Waals surface area (Å²) in [7, 11) is 0. The number of nitrogens with one attached hydrogen (secondary N) is 1. The predicted octanol–water partition coefficient (Wildman–Crippen LogP) is 2.45. The Bertz CT molecular complexity index is 817. The Balaban J connectivity index is 1.80. The molecule has 0 atom stereocenters. The number of carbonyl (C=O) groups is 1. The van der Waals surface area contributed by atoms with Crippen molar-refractivity contribution in [2.24, 2.45) is 0 Å². The smallest absolute Gasteiger partial charge is 0.255 e. The van der Waals surface area contributed by atoms with Gasteiger partial charge in [-0.15, -0.1) is 5.10 Å². The Morgan fingerprint density at radius 3 is 2.88 bits per heavy atom. The quantitative estimate of drug-likeness (QED) is 0.753. The van der Waals surface area contributed by atoms with Crippen molar-refractivity contribution in [3.05, 3.63) is 66.0 Å². The highest BCUT2D eigenvalue weighted by atomic mass is 16.5. The minimum absolute atomic E-state index is 0.200. The minimum atomic E-state index is -0.200. The zero-order chi connectivity index (χ0) is 16.8. The van der Waals surface area contributed by atoms with Gasteiger partial charge in [-0.25, -0.2) is 4.68 Å². The van der Waals surface area contributed by atoms with Crippen LogP contribution < -0.4 is 5.32 Å². The summed E-state index contributed by atoms with van der Waals surface area (Å²) in [5, 5.41) is 14.0. The van der Waals surface area contributed by atoms with Crippen LogP contribution in [0.3, 0.4) is 0 Å². The second-order valence-corrected chi connectivity index (χ2v) is 5.05. The summed E-state index contributed by atoms with van der Waals surface area (Å²) in [6, 6.07) is 14.7. The highest BCUT2D eigenvalue weighted by Gasteiger charge is 2.10. The molecule has 1 N–H and O–H groups in total. The van der Waals surface area contributed by atoms with Gasteiger partial charge in [0, 0.05) is 23.4 Å². The lowest BCUT2D eigenvalue weighted by Gasteiger charge is -2.11. The molecule has 7 nitrogen and oxygen atoms in total. The number of nitrogens with zero attached hydrogens (tertiary/aromatic N) is 4. The van der Waals surface area contributed by atoms with Crippen molar-refractivity contribution >= 4 is 11.6 Å². The van der Waals surface area contributed by atoms with E-state index in [2.05, 4.69) is 20.8 Å². The average molecular weight is 323 g/mol. The molecule has 2 aromatic carbocycles. The number of benzene rings is 2. The van der Waals surface area contributed by atoms with Crippen LogP contribution in [0.25, 0.3) is 5.69 Å². The normalized spacial score (nSPS) is 10.5. The van der Waals surface area contributed by atoms with Crippen molar-refractivity contribution in [2.45, 2.75) is 13.5 Å². The summed E-state index contributed by atoms with van der Waals surface area (Å²) < 4.78 is 6.94. The van der Waals surface area contributed by atoms with Gasteiger partial charge >= 0.3 is 0 Å². The van der Waals surface area contributed by atoms with Gasteiger partial charge < -0.3 is 10.1 Å². The summed E-state index contributed by atoms with van der Waals surface area (Å²) in [5.41, 5.74) is 2.91. The fourth-order valence-electron chi connectivity index (χ4n) is 2.24. The Morgan fingerprint density at radius 2 is 2.08 bits per heavy atom. The van der Waals surface area contributed by atoms with Gasteiger partial charge in [0.25, 0.3) is 5.91 Å². The van der Waals surface area contributed by atoms with Crippen LogP contribution in [0, 0.1) is 0 Å². The van der Waals surface area contributed by atoms with Crippen molar-refractivity contribution in [3.8, 4) is 5.69 Å². The van der Waals surface area contributed by atoms with Crippen molar-refractivity contribution < 1.29 is 9.53 Å². The first-order chi connectivity index (χ1) is 11.8. The molecule has 1 heterocycles. The molecule has 24 heavy (non-hydrogen) atoms. The number of para-hydroxylation sites is 1. The van der Waals surface area contributed by atoms with E-state index in [0.29, 0.717) is 18.8 Å². The lowest BCUT2D eigenvalue weighted by molar-refractivity contribution is 0.102. The molecular weight excluding hydrogens is 306 g/mol. The number of amides is 1. The van der Waals surface area contributed by atoms with Gasteiger partial charge in [-0.3, -0.25) is 4.79 Å². The largest absolute Gasteiger partial charge is 0.377 e. The predicted molar refractivity (Wildman–Crippen MR) is 88.9 cm³/mol. The Hall–Kier alpha value is -3.06. The van der Waals surface area contributed by atoms with E-state index in [9.17, 15) is 4.79 Å². The van der Waals surface area contributed by atoms with E-state index in [1.807, 2.05) is 37.3 Å². The number of carbonyl (C=O) groups excluding carboxylic acids is 1. The van der Waals surface area contributed by atoms with E-state index in [4.69, 9.17) is 4.74 Å². The first kappa shape index (κ1) is 15.8. The van der Waals surface area contributed by atoms with Crippen LogP contribution in [0.15, 0.2) is 54.9 Å². The summed E-state index contributed by atoms with van der Waals surface area (Å²) in [6.45, 7) is 3.01. The van der Waals surface area contributed by atoms with Crippen LogP contribution in [-0.2, 0) is 11.3 Å². The third-order valence-electron chi connectivity index (χ3n) is 3.45. The first-order valence-corrected chi connectivity index (χ1v) is 7.58. The zero-order valence-electron chi connectivity index (χ0n) is 13.2. The number of aromatic nitrogens is 4. The van der Waals surface area contributed by atoms with Crippen molar-refractivity contribution in [2.75, 3.05) is 11.9 Å². The number of hydrogen-bond donors (Lipinski definition) is 1. The maximum Gasteiger partial charge on any atom is 0.255 e. The van der Waals surface area contributed by atoms with E-state index in [0.717, 1.165) is 16.9 Å². The zero-order valence-corrected chi connectivity index (χ0v) is 13.2. The highest BCUT2D eigenvalue weighted by Crippen LogP contribution is 2.18. The van der Waals surface area contributed by atoms with Gasteiger partial charge in [-0.05, 0) is 41.6 Å². The molecule has 0 spiro atoms. The van der Waals surface area contributed by atoms with Crippen LogP contribution in [0.1, 0.15) is 22.8 Å². The molecular formula is C17H17N5O2. The molecule has 0 bridgehead atoms. The SMILES string of the molecule is CCOCc1ccccc1NC(=O)c1cccc(-n2cnnn2)c1. The molecule has 0 fully saturated rings. The van der Waals surface area contributed by atoms with Gasteiger partial charge in [-0.1, -0.05) is 24.3 Å². The van der Waals surface area contributed by atoms with E-state index in [1.54, 1.807) is 18.2 Å². The number of ether oxygens (including phenoxy) is 1. The third kappa shape index (κ3) is 3.64. The molecule has 0 aliphatic rings. The monoisotopic (exact) mass is 323 g/mol. The fourth-order valence-corrected chi connectivity index (χ4v) is 2.24. The van der Waals surface area contributed by atoms with Crippen LogP contribution >= 0.6 is 0 Å². The van der Waals surface area contributed by atoms with Gasteiger partial charge in [0.15, 0.2) is 0 Å². The summed E-state index contributed by atoms with van der Waals surface area (Å²) in [5.74, 6) is -0.200. The molecule has 1 aromatic heterocycles. The van der Waals surface area contributed by atoms with Crippen LogP contribution in [0.5, 0.6) is 0 Å². The maximum absolute atomic E-state index is 12.5. The molecule has 0 saturated carbocycles. The van der Waals surface area contributed by atoms with E-state index < -0.39 is 0 Å². The molecule has 1 amide bonds. The molecule has 0 unspecified atom stereocenters. The van der Waals surface area contributed by atoms with E-state index >= 15 is 0 Å². The van der Waals surface area contributed by atoms with Crippen LogP contribution in [0.2, 0.25) is 0 Å². The number of anilines is 1. The number of rotatable bonds is 6. The average Bonchev–Trinajstić information content (AvgIpc) is 3.16. The number of tetrazole rings is 1. The molecule has 3 aromatic rings. The maximum atomic E-state index is 12.5. The minimum Gasteiger partial charge on any atom is -0.377 e. The second-order valence-electron chi connectivity index (χ2n) is 5.05. The van der Waals surface area contributed by atoms with Crippen LogP contribution in [0.4, 0.5) is 5.69 Å². The first-order valence-electron chi connectivity index (χ1n) is 7.58. The van der Waals surface area contributed by atoms with E-state index in [1.165, 1.54) is 11.0 Å². The highest BCUT2D eigenvalue weighted by molar-refractivity contribution is 6.04. The summed E-state index contributed by atoms with van der Waals surface area (Å²) in [6.07, 6.45) is 1.48. The second kappa shape index (κ2) is 7.47. The Labute approximate surface area is 139 Å². The number of hydrogen-bond acceptors (Lipinski definition) is 5. The van der Waals surface area contributed by atoms with Crippen molar-refractivity contribution in [1.29, 1.82) is 0 Å².